The average Bonchev–Trinajstić information content (AvgIpc) is 3.78. The van der Waals surface area contributed by atoms with E-state index in [4.69, 9.17) is 9.40 Å². The second kappa shape index (κ2) is 14.8. The summed E-state index contributed by atoms with van der Waals surface area (Å²) in [6, 6.07) is 24.9. The summed E-state index contributed by atoms with van der Waals surface area (Å²) in [5.41, 5.74) is 4.42. The fourth-order valence-electron chi connectivity index (χ4n) is 8.58. The second-order valence-corrected chi connectivity index (χ2v) is 14.2. The largest absolute Gasteiger partial charge is 0.423 e. The first kappa shape index (κ1) is 32.8. The van der Waals surface area contributed by atoms with Gasteiger partial charge < -0.3 is 19.1 Å². The van der Waals surface area contributed by atoms with Crippen molar-refractivity contribution in [2.45, 2.75) is 57.0 Å². The molecular weight excluding hydrogens is 604 g/mol. The van der Waals surface area contributed by atoms with Crippen LogP contribution >= 0.6 is 0 Å². The predicted molar refractivity (Wildman–Crippen MR) is 188 cm³/mol. The highest BCUT2D eigenvalue weighted by Crippen LogP contribution is 2.46. The minimum atomic E-state index is -0.203. The minimum absolute atomic E-state index is 0.0826. The van der Waals surface area contributed by atoms with Crippen LogP contribution in [-0.4, -0.2) is 68.1 Å². The lowest BCUT2D eigenvalue weighted by Crippen LogP contribution is -2.49. The van der Waals surface area contributed by atoms with Gasteiger partial charge in [-0.1, -0.05) is 42.5 Å². The number of piperazine rings is 1. The molecule has 3 heterocycles. The van der Waals surface area contributed by atoms with Gasteiger partial charge >= 0.3 is 0 Å². The third-order valence-corrected chi connectivity index (χ3v) is 10.9. The summed E-state index contributed by atoms with van der Waals surface area (Å²) in [6.07, 6.45) is 7.41. The highest BCUT2D eigenvalue weighted by atomic mass is 19.1. The quantitative estimate of drug-likeness (QED) is 0.172. The summed E-state index contributed by atoms with van der Waals surface area (Å²) in [4.78, 5) is 15.0. The average molecular weight is 654 g/mol. The Hall–Kier alpha value is -3.75. The van der Waals surface area contributed by atoms with Crippen molar-refractivity contribution in [3.63, 3.8) is 0 Å². The fraction of sp³-hybridized carbons (Fsp3) is 0.475. The normalized spacial score (nSPS) is 21.9. The molecule has 0 radical (unpaired) electrons. The SMILES string of the molecule is CN(C)C(c1cccc(F)c1)C1CCC(C(c2nc(Cc3ccccc3)c(N3CCCC3)o2)N2CCN(c3ccc(F)cc3)CC2)CC1. The van der Waals surface area contributed by atoms with E-state index < -0.39 is 0 Å². The van der Waals surface area contributed by atoms with Crippen molar-refractivity contribution < 1.29 is 13.2 Å². The van der Waals surface area contributed by atoms with Crippen LogP contribution in [0.2, 0.25) is 0 Å². The molecule has 48 heavy (non-hydrogen) atoms. The van der Waals surface area contributed by atoms with Gasteiger partial charge in [0.05, 0.1) is 6.04 Å². The van der Waals surface area contributed by atoms with Crippen molar-refractivity contribution in [1.29, 1.82) is 0 Å². The monoisotopic (exact) mass is 653 g/mol. The molecule has 6 nitrogen and oxygen atoms in total. The molecule has 0 bridgehead atoms. The summed E-state index contributed by atoms with van der Waals surface area (Å²) in [5.74, 6) is 2.29. The highest BCUT2D eigenvalue weighted by molar-refractivity contribution is 5.47. The van der Waals surface area contributed by atoms with E-state index in [1.807, 2.05) is 18.2 Å². The third kappa shape index (κ3) is 7.30. The van der Waals surface area contributed by atoms with Crippen LogP contribution in [-0.2, 0) is 6.42 Å². The Balaban J connectivity index is 1.16. The molecule has 3 aromatic carbocycles. The van der Waals surface area contributed by atoms with Gasteiger partial charge in [0.15, 0.2) is 0 Å². The van der Waals surface area contributed by atoms with Crippen molar-refractivity contribution in [1.82, 2.24) is 14.8 Å². The summed E-state index contributed by atoms with van der Waals surface area (Å²) in [5, 5.41) is 0. The smallest absolute Gasteiger partial charge is 0.219 e. The second-order valence-electron chi connectivity index (χ2n) is 14.2. The summed E-state index contributed by atoms with van der Waals surface area (Å²) in [6.45, 7) is 5.54. The summed E-state index contributed by atoms with van der Waals surface area (Å²) >= 11 is 0. The molecule has 1 saturated carbocycles. The molecule has 0 spiro atoms. The highest BCUT2D eigenvalue weighted by Gasteiger charge is 2.40. The maximum Gasteiger partial charge on any atom is 0.219 e. The van der Waals surface area contributed by atoms with Crippen LogP contribution in [0, 0.1) is 23.5 Å². The van der Waals surface area contributed by atoms with Crippen LogP contribution in [0.15, 0.2) is 83.3 Å². The van der Waals surface area contributed by atoms with Crippen molar-refractivity contribution in [3.8, 4) is 0 Å². The topological polar surface area (TPSA) is 39.0 Å². The van der Waals surface area contributed by atoms with E-state index in [9.17, 15) is 8.78 Å². The molecule has 7 rings (SSSR count). The van der Waals surface area contributed by atoms with Gasteiger partial charge in [-0.3, -0.25) is 4.90 Å². The van der Waals surface area contributed by atoms with Gasteiger partial charge in [0.2, 0.25) is 11.8 Å². The molecule has 0 N–H and O–H groups in total. The van der Waals surface area contributed by atoms with Crippen molar-refractivity contribution in [2.24, 2.45) is 11.8 Å². The van der Waals surface area contributed by atoms with E-state index in [2.05, 4.69) is 70.1 Å². The van der Waals surface area contributed by atoms with Gasteiger partial charge in [-0.25, -0.2) is 13.8 Å². The van der Waals surface area contributed by atoms with E-state index in [0.717, 1.165) is 100 Å². The number of benzene rings is 3. The Bertz CT molecular complexity index is 1600. The van der Waals surface area contributed by atoms with Crippen molar-refractivity contribution in [2.75, 3.05) is 63.2 Å². The van der Waals surface area contributed by atoms with E-state index in [0.29, 0.717) is 11.8 Å². The molecule has 0 amide bonds. The Morgan fingerprint density at radius 3 is 2.10 bits per heavy atom. The number of aromatic nitrogens is 1. The molecule has 2 atom stereocenters. The maximum absolute atomic E-state index is 14.3. The van der Waals surface area contributed by atoms with E-state index in [1.54, 1.807) is 18.2 Å². The molecule has 4 aromatic rings. The van der Waals surface area contributed by atoms with E-state index >= 15 is 0 Å². The van der Waals surface area contributed by atoms with E-state index in [-0.39, 0.29) is 23.7 Å². The number of halogens is 2. The number of anilines is 2. The van der Waals surface area contributed by atoms with Crippen LogP contribution < -0.4 is 9.80 Å². The summed E-state index contributed by atoms with van der Waals surface area (Å²) in [7, 11) is 4.23. The van der Waals surface area contributed by atoms with Gasteiger partial charge in [-0.05, 0) is 112 Å². The first-order chi connectivity index (χ1) is 23.4. The summed E-state index contributed by atoms with van der Waals surface area (Å²) < 4.78 is 34.9. The predicted octanol–water partition coefficient (Wildman–Crippen LogP) is 8.12. The minimum Gasteiger partial charge on any atom is -0.423 e. The maximum atomic E-state index is 14.3. The number of rotatable bonds is 10. The number of nitrogens with zero attached hydrogens (tertiary/aromatic N) is 5. The lowest BCUT2D eigenvalue weighted by molar-refractivity contribution is 0.0640. The Morgan fingerprint density at radius 1 is 0.750 bits per heavy atom. The van der Waals surface area contributed by atoms with Gasteiger partial charge in [-0.15, -0.1) is 0 Å². The van der Waals surface area contributed by atoms with Gasteiger partial charge in [0, 0.05) is 57.4 Å². The van der Waals surface area contributed by atoms with Gasteiger partial charge in [0.1, 0.15) is 17.3 Å². The first-order valence-electron chi connectivity index (χ1n) is 17.9. The Kier molecular flexibility index (Phi) is 10.1. The van der Waals surface area contributed by atoms with Crippen LogP contribution in [0.1, 0.15) is 73.3 Å². The van der Waals surface area contributed by atoms with Crippen LogP contribution in [0.4, 0.5) is 20.4 Å². The number of hydrogen-bond acceptors (Lipinski definition) is 6. The zero-order valence-electron chi connectivity index (χ0n) is 28.4. The lowest BCUT2D eigenvalue weighted by atomic mass is 9.73. The van der Waals surface area contributed by atoms with E-state index in [1.165, 1.54) is 24.5 Å². The zero-order chi connectivity index (χ0) is 33.0. The molecule has 8 heteroatoms. The molecule has 1 aromatic heterocycles. The van der Waals surface area contributed by atoms with Gasteiger partial charge in [0.25, 0.3) is 0 Å². The molecule has 1 aliphatic carbocycles. The molecule has 254 valence electrons. The molecular formula is C40H49F2N5O. The van der Waals surface area contributed by atoms with Crippen LogP contribution in [0.3, 0.4) is 0 Å². The third-order valence-electron chi connectivity index (χ3n) is 10.9. The van der Waals surface area contributed by atoms with Crippen LogP contribution in [0.25, 0.3) is 0 Å². The van der Waals surface area contributed by atoms with Crippen molar-refractivity contribution in [3.05, 3.63) is 113 Å². The molecule has 2 unspecified atom stereocenters. The molecule has 2 aliphatic heterocycles. The number of hydrogen-bond donors (Lipinski definition) is 0. The molecule has 2 saturated heterocycles. The standard InChI is InChI=1S/C40H49F2N5O/c1-44(2)37(32-11-8-12-34(42)28-32)30-13-15-31(16-14-30)38(46-25-23-45(24-26-46)35-19-17-33(41)18-20-35)39-43-36(27-29-9-4-3-5-10-29)40(48-39)47-21-6-7-22-47/h3-5,8-12,17-20,28,30-31,37-38H,6-7,13-16,21-27H2,1-2H3. The molecule has 3 aliphatic rings. The zero-order valence-corrected chi connectivity index (χ0v) is 28.4. The lowest BCUT2D eigenvalue weighted by Gasteiger charge is -2.44. The fourth-order valence-corrected chi connectivity index (χ4v) is 8.58. The molecule has 3 fully saturated rings. The first-order valence-corrected chi connectivity index (χ1v) is 17.9. The van der Waals surface area contributed by atoms with Crippen molar-refractivity contribution >= 4 is 11.6 Å². The van der Waals surface area contributed by atoms with Crippen LogP contribution in [0.5, 0.6) is 0 Å². The number of oxazole rings is 1. The Morgan fingerprint density at radius 2 is 1.44 bits per heavy atom. The Labute approximate surface area is 284 Å². The van der Waals surface area contributed by atoms with Gasteiger partial charge in [-0.2, -0.15) is 0 Å².